The number of carbonyl (C=O) groups is 1. The van der Waals surface area contributed by atoms with Gasteiger partial charge in [0.05, 0.1) is 31.8 Å². The van der Waals surface area contributed by atoms with Gasteiger partial charge in [-0.1, -0.05) is 65.1 Å². The molecule has 1 aliphatic rings. The van der Waals surface area contributed by atoms with Crippen molar-refractivity contribution in [3.05, 3.63) is 101 Å². The van der Waals surface area contributed by atoms with E-state index in [4.69, 9.17) is 31.6 Å². The maximum atomic E-state index is 14.4. The summed E-state index contributed by atoms with van der Waals surface area (Å²) < 4.78 is 5.26. The van der Waals surface area contributed by atoms with Gasteiger partial charge in [0.1, 0.15) is 17.1 Å². The third kappa shape index (κ3) is 3.21. The number of aromatic nitrogens is 6. The van der Waals surface area contributed by atoms with Crippen LogP contribution < -0.4 is 16.8 Å². The second-order valence-corrected chi connectivity index (χ2v) is 12.2. The van der Waals surface area contributed by atoms with Gasteiger partial charge in [-0.15, -0.1) is 0 Å². The van der Waals surface area contributed by atoms with Crippen LogP contribution in [0.25, 0.3) is 30.7 Å². The van der Waals surface area contributed by atoms with Crippen LogP contribution in [0.5, 0.6) is 0 Å². The Labute approximate surface area is 247 Å². The van der Waals surface area contributed by atoms with Crippen molar-refractivity contribution >= 4 is 66.3 Å². The molecular formula is C30H23N9OS2. The monoisotopic (exact) mass is 589 g/mol. The van der Waals surface area contributed by atoms with Gasteiger partial charge >= 0.3 is 0 Å². The summed E-state index contributed by atoms with van der Waals surface area (Å²) in [7, 11) is 0. The van der Waals surface area contributed by atoms with Gasteiger partial charge in [-0.05, 0) is 44.2 Å². The van der Waals surface area contributed by atoms with Crippen LogP contribution in [-0.2, 0) is 10.2 Å². The predicted molar refractivity (Wildman–Crippen MR) is 167 cm³/mol. The third-order valence-corrected chi connectivity index (χ3v) is 9.81. The number of nitrogens with zero attached hydrogens (tertiary/aromatic N) is 6. The SMILES string of the molecule is Cc1nn(-c2nc3ccccc3s2)c(N)c1C1(c2c(C)nn(-c3nc4ccccc4s3)c2N)C(=O)Nc2ccccc21. The Hall–Kier alpha value is -5.07. The number of benzene rings is 3. The van der Waals surface area contributed by atoms with E-state index in [0.717, 1.165) is 26.0 Å². The van der Waals surface area contributed by atoms with Gasteiger partial charge in [0.15, 0.2) is 0 Å². The number of carbonyl (C=O) groups excluding carboxylic acids is 1. The minimum Gasteiger partial charge on any atom is -0.383 e. The second kappa shape index (κ2) is 8.71. The number of hydrogen-bond acceptors (Lipinski definition) is 9. The van der Waals surface area contributed by atoms with Crippen LogP contribution >= 0.6 is 22.7 Å². The van der Waals surface area contributed by atoms with E-state index in [-0.39, 0.29) is 5.91 Å². The van der Waals surface area contributed by atoms with Gasteiger partial charge in [0, 0.05) is 22.4 Å². The molecule has 5 heterocycles. The first kappa shape index (κ1) is 24.7. The number of anilines is 3. The molecule has 0 saturated carbocycles. The summed E-state index contributed by atoms with van der Waals surface area (Å²) in [5.41, 5.74) is 17.9. The highest BCUT2D eigenvalue weighted by Crippen LogP contribution is 2.53. The van der Waals surface area contributed by atoms with Crippen molar-refractivity contribution in [1.82, 2.24) is 29.5 Å². The number of nitrogen functional groups attached to an aromatic ring is 2. The standard InChI is InChI=1S/C30H23N9OS2/c1-15-23(25(31)38(36-15)28-34-19-11-5-7-13-21(19)41-28)30(17-9-3-4-10-18(17)33-27(30)40)24-16(2)37-39(26(24)32)29-35-20-12-6-8-14-22(20)42-29/h3-14H,31-32H2,1-2H3,(H,33,40). The largest absolute Gasteiger partial charge is 0.383 e. The number of rotatable bonds is 4. The number of fused-ring (bicyclic) bond motifs is 3. The summed E-state index contributed by atoms with van der Waals surface area (Å²) in [6.45, 7) is 3.71. The van der Waals surface area contributed by atoms with E-state index in [2.05, 4.69) is 5.32 Å². The molecule has 0 radical (unpaired) electrons. The lowest BCUT2D eigenvalue weighted by Crippen LogP contribution is -2.39. The van der Waals surface area contributed by atoms with E-state index >= 15 is 0 Å². The summed E-state index contributed by atoms with van der Waals surface area (Å²) in [4.78, 5) is 24.0. The van der Waals surface area contributed by atoms with Gasteiger partial charge < -0.3 is 16.8 Å². The molecule has 0 bridgehead atoms. The Bertz CT molecular complexity index is 2030. The second-order valence-electron chi connectivity index (χ2n) is 10.2. The van der Waals surface area contributed by atoms with E-state index in [9.17, 15) is 4.79 Å². The number of para-hydroxylation sites is 3. The van der Waals surface area contributed by atoms with Gasteiger partial charge in [-0.3, -0.25) is 4.79 Å². The molecule has 42 heavy (non-hydrogen) atoms. The van der Waals surface area contributed by atoms with E-state index in [0.29, 0.717) is 50.1 Å². The van der Waals surface area contributed by atoms with Crippen molar-refractivity contribution in [2.45, 2.75) is 19.3 Å². The quantitative estimate of drug-likeness (QED) is 0.251. The highest BCUT2D eigenvalue weighted by molar-refractivity contribution is 7.21. The van der Waals surface area contributed by atoms with Crippen molar-refractivity contribution in [3.63, 3.8) is 0 Å². The molecular weight excluding hydrogens is 567 g/mol. The smallest absolute Gasteiger partial charge is 0.244 e. The van der Waals surface area contributed by atoms with Crippen LogP contribution in [0.15, 0.2) is 72.8 Å². The van der Waals surface area contributed by atoms with E-state index in [1.165, 1.54) is 22.7 Å². The lowest BCUT2D eigenvalue weighted by molar-refractivity contribution is -0.118. The molecule has 206 valence electrons. The molecule has 10 nitrogen and oxygen atoms in total. The summed E-state index contributed by atoms with van der Waals surface area (Å²) in [5, 5.41) is 14.0. The number of thiazole rings is 2. The van der Waals surface area contributed by atoms with Crippen LogP contribution in [-0.4, -0.2) is 35.4 Å². The Morgan fingerprint density at radius 1 is 0.714 bits per heavy atom. The third-order valence-electron chi connectivity index (χ3n) is 7.79. The first-order chi connectivity index (χ1) is 20.4. The molecule has 8 rings (SSSR count). The average molecular weight is 590 g/mol. The molecule has 1 amide bonds. The van der Waals surface area contributed by atoms with Crippen molar-refractivity contribution in [2.75, 3.05) is 16.8 Å². The summed E-state index contributed by atoms with van der Waals surface area (Å²) in [6, 6.07) is 23.3. The van der Waals surface area contributed by atoms with Gasteiger partial charge in [0.25, 0.3) is 0 Å². The zero-order chi connectivity index (χ0) is 28.7. The molecule has 0 fully saturated rings. The number of amides is 1. The molecule has 0 saturated heterocycles. The van der Waals surface area contributed by atoms with E-state index < -0.39 is 5.41 Å². The fraction of sp³-hybridized carbons (Fsp3) is 0.100. The Morgan fingerprint density at radius 2 is 1.19 bits per heavy atom. The Balaban J connectivity index is 1.41. The first-order valence-electron chi connectivity index (χ1n) is 13.2. The normalized spacial score (nSPS) is 14.1. The van der Waals surface area contributed by atoms with E-state index in [1.807, 2.05) is 86.6 Å². The fourth-order valence-corrected chi connectivity index (χ4v) is 7.95. The predicted octanol–water partition coefficient (Wildman–Crippen LogP) is 5.35. The van der Waals surface area contributed by atoms with Crippen LogP contribution in [0.3, 0.4) is 0 Å². The van der Waals surface area contributed by atoms with Crippen molar-refractivity contribution in [1.29, 1.82) is 0 Å². The van der Waals surface area contributed by atoms with Crippen LogP contribution in [0, 0.1) is 13.8 Å². The molecule has 0 aliphatic carbocycles. The maximum Gasteiger partial charge on any atom is 0.244 e. The summed E-state index contributed by atoms with van der Waals surface area (Å²) in [5.74, 6) is 0.343. The van der Waals surface area contributed by atoms with E-state index in [1.54, 1.807) is 9.36 Å². The number of nitrogens with one attached hydrogen (secondary N) is 1. The summed E-state index contributed by atoms with van der Waals surface area (Å²) in [6.07, 6.45) is 0. The average Bonchev–Trinajstić information content (AvgIpc) is 3.78. The zero-order valence-electron chi connectivity index (χ0n) is 22.5. The molecule has 4 aromatic heterocycles. The molecule has 1 aliphatic heterocycles. The van der Waals surface area contributed by atoms with Crippen molar-refractivity contribution in [2.24, 2.45) is 0 Å². The Kier molecular flexibility index (Phi) is 5.13. The van der Waals surface area contributed by atoms with Gasteiger partial charge in [-0.2, -0.15) is 19.6 Å². The molecule has 7 aromatic rings. The molecule has 0 unspecified atom stereocenters. The van der Waals surface area contributed by atoms with Gasteiger partial charge in [-0.25, -0.2) is 9.97 Å². The van der Waals surface area contributed by atoms with Crippen LogP contribution in [0.1, 0.15) is 28.1 Å². The molecule has 3 aromatic carbocycles. The number of nitrogens with two attached hydrogens (primary N) is 2. The molecule has 12 heteroatoms. The first-order valence-corrected chi connectivity index (χ1v) is 14.8. The van der Waals surface area contributed by atoms with Crippen molar-refractivity contribution < 1.29 is 4.79 Å². The number of hydrogen-bond donors (Lipinski definition) is 3. The van der Waals surface area contributed by atoms with Crippen LogP contribution in [0.2, 0.25) is 0 Å². The van der Waals surface area contributed by atoms with Crippen LogP contribution in [0.4, 0.5) is 17.3 Å². The topological polar surface area (TPSA) is 143 Å². The fourth-order valence-electron chi connectivity index (χ4n) is 6.09. The minimum absolute atomic E-state index is 0.277. The molecule has 0 spiro atoms. The Morgan fingerprint density at radius 3 is 1.71 bits per heavy atom. The summed E-state index contributed by atoms with van der Waals surface area (Å²) >= 11 is 2.96. The number of aryl methyl sites for hydroxylation is 2. The lowest BCUT2D eigenvalue weighted by Gasteiger charge is -2.29. The zero-order valence-corrected chi connectivity index (χ0v) is 24.1. The maximum absolute atomic E-state index is 14.4. The molecule has 5 N–H and O–H groups in total. The van der Waals surface area contributed by atoms with Crippen molar-refractivity contribution in [3.8, 4) is 10.3 Å². The highest BCUT2D eigenvalue weighted by atomic mass is 32.1. The minimum atomic E-state index is -1.41. The molecule has 0 atom stereocenters. The highest BCUT2D eigenvalue weighted by Gasteiger charge is 2.56. The van der Waals surface area contributed by atoms with Gasteiger partial charge in [0.2, 0.25) is 16.2 Å². The lowest BCUT2D eigenvalue weighted by atomic mass is 9.69.